The zero-order valence-electron chi connectivity index (χ0n) is 17.5. The minimum absolute atomic E-state index is 0.249. The minimum Gasteiger partial charge on any atom is -0.497 e. The molecule has 7 heteroatoms. The molecule has 0 radical (unpaired) electrons. The Kier molecular flexibility index (Phi) is 6.33. The van der Waals surface area contributed by atoms with Crippen LogP contribution in [0.5, 0.6) is 5.75 Å². The summed E-state index contributed by atoms with van der Waals surface area (Å²) < 4.78 is 7.53. The molecule has 3 aromatic rings. The first kappa shape index (κ1) is 20.7. The molecule has 1 amide bonds. The van der Waals surface area contributed by atoms with E-state index in [1.165, 1.54) is 6.08 Å². The van der Waals surface area contributed by atoms with Crippen molar-refractivity contribution >= 4 is 23.4 Å². The highest BCUT2D eigenvalue weighted by Crippen LogP contribution is 2.28. The zero-order chi connectivity index (χ0) is 21.6. The number of aromatic nitrogens is 2. The molecule has 1 saturated heterocycles. The second-order valence-corrected chi connectivity index (χ2v) is 7.59. The van der Waals surface area contributed by atoms with Crippen molar-refractivity contribution < 1.29 is 9.53 Å². The first-order valence-electron chi connectivity index (χ1n) is 10.4. The average molecular weight is 418 g/mol. The van der Waals surface area contributed by atoms with Gasteiger partial charge in [0.2, 0.25) is 5.91 Å². The lowest BCUT2D eigenvalue weighted by Crippen LogP contribution is -2.29. The van der Waals surface area contributed by atoms with Gasteiger partial charge in [0.1, 0.15) is 5.75 Å². The highest BCUT2D eigenvalue weighted by atomic mass is 16.5. The summed E-state index contributed by atoms with van der Waals surface area (Å²) in [5.41, 5.74) is 9.88. The summed E-state index contributed by atoms with van der Waals surface area (Å²) in [5.74, 6) is 0.473. The summed E-state index contributed by atoms with van der Waals surface area (Å²) in [6, 6.07) is 13.5. The number of nitrogens with two attached hydrogens (primary N) is 1. The van der Waals surface area contributed by atoms with Crippen molar-refractivity contribution in [1.82, 2.24) is 15.1 Å². The number of nitrogen functional groups attached to an aromatic ring is 1. The number of anilines is 2. The third kappa shape index (κ3) is 5.13. The van der Waals surface area contributed by atoms with Crippen LogP contribution in [0.3, 0.4) is 0 Å². The maximum absolute atomic E-state index is 12.3. The van der Waals surface area contributed by atoms with E-state index in [1.807, 2.05) is 36.5 Å². The molecule has 1 aromatic heterocycles. The van der Waals surface area contributed by atoms with Crippen molar-refractivity contribution in [2.45, 2.75) is 18.9 Å². The molecule has 160 valence electrons. The Labute approximate surface area is 181 Å². The molecule has 0 saturated carbocycles. The molecular formula is C24H27N5O2. The molecule has 0 spiro atoms. The van der Waals surface area contributed by atoms with E-state index >= 15 is 0 Å². The van der Waals surface area contributed by atoms with Gasteiger partial charge in [-0.05, 0) is 73.5 Å². The number of methoxy groups -OCH3 is 1. The highest BCUT2D eigenvalue weighted by molar-refractivity contribution is 6.03. The second-order valence-electron chi connectivity index (χ2n) is 7.59. The molecule has 1 aliphatic heterocycles. The van der Waals surface area contributed by atoms with Crippen LogP contribution < -0.4 is 21.1 Å². The van der Waals surface area contributed by atoms with E-state index in [9.17, 15) is 4.79 Å². The molecule has 0 aliphatic carbocycles. The van der Waals surface area contributed by atoms with Gasteiger partial charge in [0, 0.05) is 17.8 Å². The molecule has 4 N–H and O–H groups in total. The Balaban J connectivity index is 1.52. The summed E-state index contributed by atoms with van der Waals surface area (Å²) in [4.78, 5) is 12.3. The van der Waals surface area contributed by atoms with Crippen molar-refractivity contribution in [3.63, 3.8) is 0 Å². The van der Waals surface area contributed by atoms with Crippen LogP contribution in [0.4, 0.5) is 11.4 Å². The number of nitrogens with zero attached hydrogens (tertiary/aromatic N) is 2. The minimum atomic E-state index is -0.249. The SMILES string of the molecule is COc1cc(C=CC(=O)Nc2ccccc2N)cc(-c2cnn(C3CCNCC3)c2)c1. The summed E-state index contributed by atoms with van der Waals surface area (Å²) in [6.45, 7) is 2.04. The van der Waals surface area contributed by atoms with E-state index in [4.69, 9.17) is 10.5 Å². The van der Waals surface area contributed by atoms with E-state index in [0.29, 0.717) is 17.4 Å². The molecule has 7 nitrogen and oxygen atoms in total. The number of nitrogens with one attached hydrogen (secondary N) is 2. The van der Waals surface area contributed by atoms with Gasteiger partial charge in [0.25, 0.3) is 0 Å². The van der Waals surface area contributed by atoms with Gasteiger partial charge in [0.15, 0.2) is 0 Å². The van der Waals surface area contributed by atoms with Gasteiger partial charge in [-0.3, -0.25) is 9.48 Å². The number of hydrogen-bond acceptors (Lipinski definition) is 5. The predicted molar refractivity (Wildman–Crippen MR) is 124 cm³/mol. The Bertz CT molecular complexity index is 1080. The molecule has 0 bridgehead atoms. The number of benzene rings is 2. The largest absolute Gasteiger partial charge is 0.497 e. The van der Waals surface area contributed by atoms with Gasteiger partial charge in [-0.1, -0.05) is 12.1 Å². The number of para-hydroxylation sites is 2. The number of ether oxygens (including phenoxy) is 1. The molecule has 1 aliphatic rings. The van der Waals surface area contributed by atoms with E-state index in [0.717, 1.165) is 48.4 Å². The molecule has 2 heterocycles. The lowest BCUT2D eigenvalue weighted by Gasteiger charge is -2.22. The summed E-state index contributed by atoms with van der Waals surface area (Å²) in [6.07, 6.45) is 9.38. The Morgan fingerprint density at radius 3 is 2.81 bits per heavy atom. The topological polar surface area (TPSA) is 94.2 Å². The van der Waals surface area contributed by atoms with Crippen LogP contribution in [-0.2, 0) is 4.79 Å². The van der Waals surface area contributed by atoms with E-state index < -0.39 is 0 Å². The standard InChI is InChI=1S/C24H27N5O2/c1-31-21-13-17(6-7-24(30)28-23-5-3-2-4-22(23)25)12-18(14-21)19-15-27-29(16-19)20-8-10-26-11-9-20/h2-7,12-16,20,26H,8-11,25H2,1H3,(H,28,30). The molecule has 31 heavy (non-hydrogen) atoms. The van der Waals surface area contributed by atoms with Crippen molar-refractivity contribution in [3.05, 3.63) is 66.5 Å². The van der Waals surface area contributed by atoms with Crippen molar-refractivity contribution in [3.8, 4) is 16.9 Å². The first-order valence-corrected chi connectivity index (χ1v) is 10.4. The van der Waals surface area contributed by atoms with Gasteiger partial charge >= 0.3 is 0 Å². The quantitative estimate of drug-likeness (QED) is 0.420. The van der Waals surface area contributed by atoms with Crippen molar-refractivity contribution in [2.75, 3.05) is 31.2 Å². The molecule has 0 atom stereocenters. The summed E-state index contributed by atoms with van der Waals surface area (Å²) in [7, 11) is 1.63. The average Bonchev–Trinajstić information content (AvgIpc) is 3.30. The molecular weight excluding hydrogens is 390 g/mol. The number of rotatable bonds is 6. The Morgan fingerprint density at radius 1 is 1.23 bits per heavy atom. The number of piperidine rings is 1. The van der Waals surface area contributed by atoms with Gasteiger partial charge in [-0.15, -0.1) is 0 Å². The number of amides is 1. The van der Waals surface area contributed by atoms with E-state index in [1.54, 1.807) is 25.3 Å². The molecule has 4 rings (SSSR count). The van der Waals surface area contributed by atoms with Gasteiger partial charge in [-0.2, -0.15) is 5.10 Å². The number of carbonyl (C=O) groups is 1. The maximum Gasteiger partial charge on any atom is 0.248 e. The molecule has 1 fully saturated rings. The smallest absolute Gasteiger partial charge is 0.248 e. The predicted octanol–water partition coefficient (Wildman–Crippen LogP) is 3.72. The second kappa shape index (κ2) is 9.49. The van der Waals surface area contributed by atoms with Gasteiger partial charge in [0.05, 0.1) is 30.7 Å². The van der Waals surface area contributed by atoms with Crippen LogP contribution in [0.15, 0.2) is 60.9 Å². The number of hydrogen-bond donors (Lipinski definition) is 3. The van der Waals surface area contributed by atoms with Crippen LogP contribution in [0, 0.1) is 0 Å². The van der Waals surface area contributed by atoms with Crippen LogP contribution in [0.2, 0.25) is 0 Å². The molecule has 0 unspecified atom stereocenters. The van der Waals surface area contributed by atoms with E-state index in [2.05, 4.69) is 26.6 Å². The van der Waals surface area contributed by atoms with Crippen LogP contribution in [0.25, 0.3) is 17.2 Å². The van der Waals surface area contributed by atoms with Crippen LogP contribution in [-0.4, -0.2) is 35.9 Å². The lowest BCUT2D eigenvalue weighted by atomic mass is 10.0. The third-order valence-electron chi connectivity index (χ3n) is 5.43. The maximum atomic E-state index is 12.3. The lowest BCUT2D eigenvalue weighted by molar-refractivity contribution is -0.111. The Hall–Kier alpha value is -3.58. The summed E-state index contributed by atoms with van der Waals surface area (Å²) >= 11 is 0. The first-order chi connectivity index (χ1) is 15.1. The molecule has 2 aromatic carbocycles. The third-order valence-corrected chi connectivity index (χ3v) is 5.43. The fourth-order valence-electron chi connectivity index (χ4n) is 3.72. The Morgan fingerprint density at radius 2 is 2.03 bits per heavy atom. The zero-order valence-corrected chi connectivity index (χ0v) is 17.5. The van der Waals surface area contributed by atoms with Crippen LogP contribution >= 0.6 is 0 Å². The monoisotopic (exact) mass is 417 g/mol. The number of carbonyl (C=O) groups excluding carboxylic acids is 1. The van der Waals surface area contributed by atoms with Crippen molar-refractivity contribution in [2.24, 2.45) is 0 Å². The van der Waals surface area contributed by atoms with Gasteiger partial charge in [-0.25, -0.2) is 0 Å². The normalized spacial score (nSPS) is 14.6. The van der Waals surface area contributed by atoms with E-state index in [-0.39, 0.29) is 5.91 Å². The fourth-order valence-corrected chi connectivity index (χ4v) is 3.72. The highest BCUT2D eigenvalue weighted by Gasteiger charge is 2.16. The van der Waals surface area contributed by atoms with Crippen molar-refractivity contribution in [1.29, 1.82) is 0 Å². The fraction of sp³-hybridized carbons (Fsp3) is 0.250. The summed E-state index contributed by atoms with van der Waals surface area (Å²) in [5, 5.41) is 10.8. The van der Waals surface area contributed by atoms with Crippen LogP contribution in [0.1, 0.15) is 24.4 Å². The van der Waals surface area contributed by atoms with Gasteiger partial charge < -0.3 is 21.1 Å².